The van der Waals surface area contributed by atoms with Gasteiger partial charge in [-0.25, -0.2) is 0 Å². The standard InChI is InChI=1S/C22H28N2O4S/c1-5-27-17-10-15-9-14(4)28-18(15)11-16(17)12-23-22(26)20(13(2)3)24-21(25)19-7-6-8-29-19/h6-8,10-11,13-14,20H,5,9,12H2,1-4H3,(H,23,26)(H,24,25)/t14-,20+/m1/s1. The second-order valence-corrected chi connectivity index (χ2v) is 8.47. The predicted molar refractivity (Wildman–Crippen MR) is 114 cm³/mol. The Morgan fingerprint density at radius 1 is 1.34 bits per heavy atom. The third-order valence-corrected chi connectivity index (χ3v) is 5.68. The van der Waals surface area contributed by atoms with Crippen molar-refractivity contribution >= 4 is 23.2 Å². The van der Waals surface area contributed by atoms with E-state index in [9.17, 15) is 9.59 Å². The molecule has 156 valence electrons. The summed E-state index contributed by atoms with van der Waals surface area (Å²) in [6, 6.07) is 6.89. The summed E-state index contributed by atoms with van der Waals surface area (Å²) in [5.41, 5.74) is 1.99. The van der Waals surface area contributed by atoms with Crippen LogP contribution in [0, 0.1) is 5.92 Å². The fraction of sp³-hybridized carbons (Fsp3) is 0.455. The number of nitrogens with one attached hydrogen (secondary N) is 2. The highest BCUT2D eigenvalue weighted by Gasteiger charge is 2.26. The molecule has 0 spiro atoms. The number of benzene rings is 1. The van der Waals surface area contributed by atoms with E-state index in [0.29, 0.717) is 18.0 Å². The zero-order chi connectivity index (χ0) is 21.0. The van der Waals surface area contributed by atoms with Gasteiger partial charge in [-0.15, -0.1) is 11.3 Å². The molecule has 0 aliphatic carbocycles. The molecular weight excluding hydrogens is 388 g/mol. The molecule has 0 fully saturated rings. The molecule has 0 bridgehead atoms. The van der Waals surface area contributed by atoms with E-state index < -0.39 is 6.04 Å². The number of ether oxygens (including phenoxy) is 2. The Labute approximate surface area is 175 Å². The molecule has 2 N–H and O–H groups in total. The van der Waals surface area contributed by atoms with Crippen molar-refractivity contribution in [2.24, 2.45) is 5.92 Å². The summed E-state index contributed by atoms with van der Waals surface area (Å²) < 4.78 is 11.6. The van der Waals surface area contributed by atoms with Crippen molar-refractivity contribution in [3.8, 4) is 11.5 Å². The lowest BCUT2D eigenvalue weighted by Gasteiger charge is -2.22. The van der Waals surface area contributed by atoms with Crippen LogP contribution < -0.4 is 20.1 Å². The summed E-state index contributed by atoms with van der Waals surface area (Å²) in [6.07, 6.45) is 0.994. The Morgan fingerprint density at radius 2 is 2.14 bits per heavy atom. The van der Waals surface area contributed by atoms with E-state index >= 15 is 0 Å². The number of hydrogen-bond acceptors (Lipinski definition) is 5. The van der Waals surface area contributed by atoms with Gasteiger partial charge in [0.15, 0.2) is 0 Å². The van der Waals surface area contributed by atoms with Gasteiger partial charge in [-0.1, -0.05) is 19.9 Å². The number of carbonyl (C=O) groups is 2. The quantitative estimate of drug-likeness (QED) is 0.690. The number of fused-ring (bicyclic) bond motifs is 1. The second kappa shape index (κ2) is 9.31. The highest BCUT2D eigenvalue weighted by atomic mass is 32.1. The van der Waals surface area contributed by atoms with Crippen LogP contribution in [-0.2, 0) is 17.8 Å². The number of hydrogen-bond donors (Lipinski definition) is 2. The monoisotopic (exact) mass is 416 g/mol. The first kappa shape index (κ1) is 21.2. The lowest BCUT2D eigenvalue weighted by atomic mass is 10.0. The smallest absolute Gasteiger partial charge is 0.262 e. The summed E-state index contributed by atoms with van der Waals surface area (Å²) in [5, 5.41) is 7.63. The minimum atomic E-state index is -0.620. The highest BCUT2D eigenvalue weighted by molar-refractivity contribution is 7.12. The Hall–Kier alpha value is -2.54. The maximum atomic E-state index is 12.8. The van der Waals surface area contributed by atoms with Gasteiger partial charge in [0.1, 0.15) is 23.6 Å². The fourth-order valence-corrected chi connectivity index (χ4v) is 3.98. The lowest BCUT2D eigenvalue weighted by molar-refractivity contribution is -0.124. The normalized spacial score (nSPS) is 16.1. The van der Waals surface area contributed by atoms with Crippen LogP contribution in [-0.4, -0.2) is 30.6 Å². The van der Waals surface area contributed by atoms with E-state index in [2.05, 4.69) is 10.6 Å². The molecule has 0 saturated heterocycles. The number of amides is 2. The van der Waals surface area contributed by atoms with Gasteiger partial charge in [0, 0.05) is 24.1 Å². The van der Waals surface area contributed by atoms with Gasteiger partial charge in [-0.05, 0) is 43.3 Å². The van der Waals surface area contributed by atoms with E-state index in [-0.39, 0.29) is 23.8 Å². The van der Waals surface area contributed by atoms with E-state index in [1.807, 2.05) is 51.3 Å². The van der Waals surface area contributed by atoms with Gasteiger partial charge < -0.3 is 20.1 Å². The first-order valence-corrected chi connectivity index (χ1v) is 10.8. The molecule has 7 heteroatoms. The SMILES string of the molecule is CCOc1cc2c(cc1CNC(=O)[C@@H](NC(=O)c1cccs1)C(C)C)O[C@H](C)C2. The van der Waals surface area contributed by atoms with Crippen LogP contribution in [0.5, 0.6) is 11.5 Å². The van der Waals surface area contributed by atoms with E-state index in [0.717, 1.165) is 29.0 Å². The number of rotatable bonds is 8. The van der Waals surface area contributed by atoms with Crippen LogP contribution in [0.25, 0.3) is 0 Å². The van der Waals surface area contributed by atoms with Gasteiger partial charge in [0.2, 0.25) is 5.91 Å². The zero-order valence-corrected chi connectivity index (χ0v) is 18.1. The molecule has 3 rings (SSSR count). The van der Waals surface area contributed by atoms with Crippen molar-refractivity contribution in [3.63, 3.8) is 0 Å². The number of carbonyl (C=O) groups excluding carboxylic acids is 2. The maximum absolute atomic E-state index is 12.8. The van der Waals surface area contributed by atoms with Crippen molar-refractivity contribution in [3.05, 3.63) is 45.6 Å². The molecular formula is C22H28N2O4S. The third kappa shape index (κ3) is 5.09. The number of thiophene rings is 1. The van der Waals surface area contributed by atoms with Gasteiger partial charge in [-0.2, -0.15) is 0 Å². The third-order valence-electron chi connectivity index (χ3n) is 4.81. The summed E-state index contributed by atoms with van der Waals surface area (Å²) in [6.45, 7) is 8.64. The second-order valence-electron chi connectivity index (χ2n) is 7.52. The van der Waals surface area contributed by atoms with Crippen LogP contribution >= 0.6 is 11.3 Å². The first-order valence-electron chi connectivity index (χ1n) is 9.96. The van der Waals surface area contributed by atoms with E-state index in [4.69, 9.17) is 9.47 Å². The molecule has 1 aliphatic rings. The average molecular weight is 417 g/mol. The Kier molecular flexibility index (Phi) is 6.79. The van der Waals surface area contributed by atoms with Crippen LogP contribution in [0.2, 0.25) is 0 Å². The van der Waals surface area contributed by atoms with E-state index in [1.54, 1.807) is 6.07 Å². The molecule has 1 aromatic carbocycles. The minimum absolute atomic E-state index is 0.0468. The molecule has 0 unspecified atom stereocenters. The van der Waals surface area contributed by atoms with E-state index in [1.165, 1.54) is 11.3 Å². The van der Waals surface area contributed by atoms with Gasteiger partial charge in [0.05, 0.1) is 11.5 Å². The molecule has 29 heavy (non-hydrogen) atoms. The van der Waals surface area contributed by atoms with Crippen molar-refractivity contribution in [1.82, 2.24) is 10.6 Å². The molecule has 2 atom stereocenters. The maximum Gasteiger partial charge on any atom is 0.262 e. The Balaban J connectivity index is 1.69. The molecule has 2 heterocycles. The van der Waals surface area contributed by atoms with Crippen LogP contribution in [0.3, 0.4) is 0 Å². The highest BCUT2D eigenvalue weighted by Crippen LogP contribution is 2.35. The van der Waals surface area contributed by atoms with Crippen molar-refractivity contribution < 1.29 is 19.1 Å². The van der Waals surface area contributed by atoms with Crippen LogP contribution in [0.4, 0.5) is 0 Å². The van der Waals surface area contributed by atoms with Gasteiger partial charge in [0.25, 0.3) is 5.91 Å². The fourth-order valence-electron chi connectivity index (χ4n) is 3.36. The van der Waals surface area contributed by atoms with Crippen LogP contribution in [0.1, 0.15) is 48.5 Å². The Bertz CT molecular complexity index is 864. The van der Waals surface area contributed by atoms with Crippen LogP contribution in [0.15, 0.2) is 29.6 Å². The topological polar surface area (TPSA) is 76.7 Å². The molecule has 1 aliphatic heterocycles. The lowest BCUT2D eigenvalue weighted by Crippen LogP contribution is -2.49. The zero-order valence-electron chi connectivity index (χ0n) is 17.3. The average Bonchev–Trinajstić information content (AvgIpc) is 3.32. The summed E-state index contributed by atoms with van der Waals surface area (Å²) >= 11 is 1.35. The minimum Gasteiger partial charge on any atom is -0.494 e. The summed E-state index contributed by atoms with van der Waals surface area (Å²) in [7, 11) is 0. The van der Waals surface area contributed by atoms with Crippen molar-refractivity contribution in [2.75, 3.05) is 6.61 Å². The summed E-state index contributed by atoms with van der Waals surface area (Å²) in [4.78, 5) is 25.8. The van der Waals surface area contributed by atoms with Gasteiger partial charge >= 0.3 is 0 Å². The molecule has 2 aromatic rings. The van der Waals surface area contributed by atoms with Crippen molar-refractivity contribution in [1.29, 1.82) is 0 Å². The largest absolute Gasteiger partial charge is 0.494 e. The predicted octanol–water partition coefficient (Wildman–Crippen LogP) is 3.54. The Morgan fingerprint density at radius 3 is 2.79 bits per heavy atom. The molecule has 1 aromatic heterocycles. The molecule has 0 radical (unpaired) electrons. The molecule has 2 amide bonds. The summed E-state index contributed by atoms with van der Waals surface area (Å²) in [5.74, 6) is 1.10. The van der Waals surface area contributed by atoms with Crippen molar-refractivity contribution in [2.45, 2.75) is 52.8 Å². The molecule has 6 nitrogen and oxygen atoms in total. The van der Waals surface area contributed by atoms with Gasteiger partial charge in [-0.3, -0.25) is 9.59 Å². The first-order chi connectivity index (χ1) is 13.9. The molecule has 0 saturated carbocycles.